The van der Waals surface area contributed by atoms with Gasteiger partial charge in [-0.3, -0.25) is 4.79 Å². The molecule has 1 aromatic rings. The standard InChI is InChI=1S/C16H26N2O2/c1-5-16(4,10-11-19)18-13(3)15(20)17-14-8-6-12(2)7-9-14/h6-9,13,18-19H,5,10-11H2,1-4H3,(H,17,20). The van der Waals surface area contributed by atoms with Gasteiger partial charge in [0.05, 0.1) is 6.04 Å². The van der Waals surface area contributed by atoms with Gasteiger partial charge in [-0.05, 0) is 45.7 Å². The van der Waals surface area contributed by atoms with E-state index >= 15 is 0 Å². The third-order valence-corrected chi connectivity index (χ3v) is 3.72. The Labute approximate surface area is 121 Å². The van der Waals surface area contributed by atoms with Crippen LogP contribution in [0.5, 0.6) is 0 Å². The van der Waals surface area contributed by atoms with Crippen molar-refractivity contribution in [2.45, 2.75) is 52.1 Å². The highest BCUT2D eigenvalue weighted by Gasteiger charge is 2.26. The fourth-order valence-corrected chi connectivity index (χ4v) is 2.07. The van der Waals surface area contributed by atoms with Crippen LogP contribution in [0.2, 0.25) is 0 Å². The second-order valence-electron chi connectivity index (χ2n) is 5.61. The summed E-state index contributed by atoms with van der Waals surface area (Å²) < 4.78 is 0. The lowest BCUT2D eigenvalue weighted by molar-refractivity contribution is -0.118. The molecule has 1 amide bonds. The molecular weight excluding hydrogens is 252 g/mol. The number of benzene rings is 1. The van der Waals surface area contributed by atoms with Crippen molar-refractivity contribution in [2.24, 2.45) is 0 Å². The average molecular weight is 278 g/mol. The smallest absolute Gasteiger partial charge is 0.241 e. The van der Waals surface area contributed by atoms with Crippen molar-refractivity contribution in [3.8, 4) is 0 Å². The second-order valence-corrected chi connectivity index (χ2v) is 5.61. The summed E-state index contributed by atoms with van der Waals surface area (Å²) in [5.41, 5.74) is 1.74. The Kier molecular flexibility index (Phi) is 6.17. The van der Waals surface area contributed by atoms with E-state index in [0.29, 0.717) is 6.42 Å². The van der Waals surface area contributed by atoms with E-state index in [9.17, 15) is 4.79 Å². The van der Waals surface area contributed by atoms with Crippen LogP contribution in [0, 0.1) is 6.92 Å². The molecule has 1 rings (SSSR count). The van der Waals surface area contributed by atoms with Crippen LogP contribution in [0.15, 0.2) is 24.3 Å². The molecule has 4 heteroatoms. The van der Waals surface area contributed by atoms with E-state index < -0.39 is 0 Å². The first-order valence-electron chi connectivity index (χ1n) is 7.16. The Morgan fingerprint density at radius 3 is 2.45 bits per heavy atom. The molecule has 0 radical (unpaired) electrons. The molecule has 0 aliphatic carbocycles. The van der Waals surface area contributed by atoms with Gasteiger partial charge in [0.1, 0.15) is 0 Å². The van der Waals surface area contributed by atoms with Gasteiger partial charge < -0.3 is 15.7 Å². The topological polar surface area (TPSA) is 61.4 Å². The van der Waals surface area contributed by atoms with E-state index in [0.717, 1.165) is 17.7 Å². The van der Waals surface area contributed by atoms with Crippen molar-refractivity contribution < 1.29 is 9.90 Å². The second kappa shape index (κ2) is 7.41. The van der Waals surface area contributed by atoms with Gasteiger partial charge in [0.15, 0.2) is 0 Å². The molecule has 1 aromatic carbocycles. The monoisotopic (exact) mass is 278 g/mol. The summed E-state index contributed by atoms with van der Waals surface area (Å²) in [7, 11) is 0. The van der Waals surface area contributed by atoms with Gasteiger partial charge in [-0.1, -0.05) is 24.6 Å². The fourth-order valence-electron chi connectivity index (χ4n) is 2.07. The third kappa shape index (κ3) is 4.94. The molecule has 2 atom stereocenters. The van der Waals surface area contributed by atoms with Crippen molar-refractivity contribution in [3.63, 3.8) is 0 Å². The molecule has 0 aliphatic heterocycles. The molecule has 112 valence electrons. The number of carbonyl (C=O) groups excluding carboxylic acids is 1. The minimum absolute atomic E-state index is 0.0635. The zero-order chi connectivity index (χ0) is 15.2. The maximum absolute atomic E-state index is 12.2. The number of aliphatic hydroxyl groups is 1. The van der Waals surface area contributed by atoms with Gasteiger partial charge in [-0.15, -0.1) is 0 Å². The van der Waals surface area contributed by atoms with Gasteiger partial charge in [0.25, 0.3) is 0 Å². The SMILES string of the molecule is CCC(C)(CCO)NC(C)C(=O)Nc1ccc(C)cc1. The van der Waals surface area contributed by atoms with Crippen LogP contribution in [-0.2, 0) is 4.79 Å². The summed E-state index contributed by atoms with van der Waals surface area (Å²) in [4.78, 5) is 12.2. The quantitative estimate of drug-likeness (QED) is 0.718. The maximum Gasteiger partial charge on any atom is 0.241 e. The zero-order valence-corrected chi connectivity index (χ0v) is 12.9. The molecule has 0 saturated carbocycles. The number of amides is 1. The van der Waals surface area contributed by atoms with Crippen LogP contribution >= 0.6 is 0 Å². The molecule has 0 saturated heterocycles. The van der Waals surface area contributed by atoms with E-state index in [1.807, 2.05) is 52.0 Å². The van der Waals surface area contributed by atoms with E-state index in [1.54, 1.807) is 0 Å². The third-order valence-electron chi connectivity index (χ3n) is 3.72. The predicted octanol–water partition coefficient (Wildman–Crippen LogP) is 2.46. The highest BCUT2D eigenvalue weighted by molar-refractivity contribution is 5.94. The summed E-state index contributed by atoms with van der Waals surface area (Å²) >= 11 is 0. The van der Waals surface area contributed by atoms with Crippen LogP contribution < -0.4 is 10.6 Å². The molecule has 20 heavy (non-hydrogen) atoms. The van der Waals surface area contributed by atoms with Crippen molar-refractivity contribution in [1.82, 2.24) is 5.32 Å². The summed E-state index contributed by atoms with van der Waals surface area (Å²) in [5.74, 6) is -0.0635. The van der Waals surface area contributed by atoms with Gasteiger partial charge in [0.2, 0.25) is 5.91 Å². The minimum Gasteiger partial charge on any atom is -0.396 e. The van der Waals surface area contributed by atoms with Crippen molar-refractivity contribution in [1.29, 1.82) is 0 Å². The maximum atomic E-state index is 12.2. The van der Waals surface area contributed by atoms with Crippen LogP contribution in [-0.4, -0.2) is 29.2 Å². The van der Waals surface area contributed by atoms with E-state index in [-0.39, 0.29) is 24.1 Å². The Morgan fingerprint density at radius 1 is 1.35 bits per heavy atom. The number of aliphatic hydroxyl groups excluding tert-OH is 1. The Balaban J connectivity index is 2.60. The molecule has 0 fully saturated rings. The van der Waals surface area contributed by atoms with Crippen molar-refractivity contribution in [3.05, 3.63) is 29.8 Å². The van der Waals surface area contributed by atoms with Gasteiger partial charge in [-0.25, -0.2) is 0 Å². The largest absolute Gasteiger partial charge is 0.396 e. The van der Waals surface area contributed by atoms with Crippen molar-refractivity contribution >= 4 is 11.6 Å². The van der Waals surface area contributed by atoms with Crippen molar-refractivity contribution in [2.75, 3.05) is 11.9 Å². The Hall–Kier alpha value is -1.39. The number of hydrogen-bond donors (Lipinski definition) is 3. The molecule has 4 nitrogen and oxygen atoms in total. The first kappa shape index (κ1) is 16.7. The number of hydrogen-bond acceptors (Lipinski definition) is 3. The minimum atomic E-state index is -0.312. The molecule has 0 spiro atoms. The molecule has 0 aromatic heterocycles. The summed E-state index contributed by atoms with van der Waals surface area (Å²) in [6.07, 6.45) is 1.49. The number of anilines is 1. The van der Waals surface area contributed by atoms with Gasteiger partial charge in [-0.2, -0.15) is 0 Å². The van der Waals surface area contributed by atoms with Crippen LogP contribution in [0.4, 0.5) is 5.69 Å². The lowest BCUT2D eigenvalue weighted by atomic mass is 9.94. The lowest BCUT2D eigenvalue weighted by Crippen LogP contribution is -2.51. The highest BCUT2D eigenvalue weighted by Crippen LogP contribution is 2.15. The fraction of sp³-hybridized carbons (Fsp3) is 0.562. The molecule has 2 unspecified atom stereocenters. The molecule has 0 aliphatic rings. The molecule has 3 N–H and O–H groups in total. The number of nitrogens with one attached hydrogen (secondary N) is 2. The Morgan fingerprint density at radius 2 is 1.95 bits per heavy atom. The summed E-state index contributed by atoms with van der Waals surface area (Å²) in [6, 6.07) is 7.41. The summed E-state index contributed by atoms with van der Waals surface area (Å²) in [5, 5.41) is 15.3. The van der Waals surface area contributed by atoms with Gasteiger partial charge >= 0.3 is 0 Å². The molecule has 0 bridgehead atoms. The predicted molar refractivity (Wildman–Crippen MR) is 82.8 cm³/mol. The number of aryl methyl sites for hydroxylation is 1. The van der Waals surface area contributed by atoms with E-state index in [1.165, 1.54) is 0 Å². The average Bonchev–Trinajstić information content (AvgIpc) is 2.41. The molecular formula is C16H26N2O2. The highest BCUT2D eigenvalue weighted by atomic mass is 16.3. The van der Waals surface area contributed by atoms with E-state index in [4.69, 9.17) is 5.11 Å². The van der Waals surface area contributed by atoms with E-state index in [2.05, 4.69) is 10.6 Å². The van der Waals surface area contributed by atoms with Crippen LogP contribution in [0.25, 0.3) is 0 Å². The normalized spacial score (nSPS) is 15.4. The van der Waals surface area contributed by atoms with Crippen LogP contribution in [0.3, 0.4) is 0 Å². The first-order chi connectivity index (χ1) is 9.40. The number of rotatable bonds is 7. The number of carbonyl (C=O) groups is 1. The van der Waals surface area contributed by atoms with Gasteiger partial charge in [0, 0.05) is 17.8 Å². The zero-order valence-electron chi connectivity index (χ0n) is 12.9. The lowest BCUT2D eigenvalue weighted by Gasteiger charge is -2.32. The first-order valence-corrected chi connectivity index (χ1v) is 7.16. The molecule has 0 heterocycles. The van der Waals surface area contributed by atoms with Crippen LogP contribution in [0.1, 0.15) is 39.2 Å². The Bertz CT molecular complexity index is 431. The summed E-state index contributed by atoms with van der Waals surface area (Å²) in [6.45, 7) is 8.04.